The monoisotopic (exact) mass is 260 g/mol. The summed E-state index contributed by atoms with van der Waals surface area (Å²) < 4.78 is 0. The van der Waals surface area contributed by atoms with Crippen molar-refractivity contribution in [3.05, 3.63) is 63.7 Å². The number of hydrogen-bond donors (Lipinski definition) is 1. The fraction of sp³-hybridized carbons (Fsp3) is 0.0833. The molecule has 0 heterocycles. The summed E-state index contributed by atoms with van der Waals surface area (Å²) in [5.41, 5.74) is 0. The number of thiol groups is 1. The summed E-state index contributed by atoms with van der Waals surface area (Å²) in [5.74, 6) is 1.04. The van der Waals surface area contributed by atoms with Gasteiger partial charge in [0.1, 0.15) is 0 Å². The van der Waals surface area contributed by atoms with E-state index < -0.39 is 0 Å². The van der Waals surface area contributed by atoms with Gasteiger partial charge < -0.3 is 0 Å². The van der Waals surface area contributed by atoms with Crippen LogP contribution in [0.3, 0.4) is 0 Å². The maximum absolute atomic E-state index is 10.4. The van der Waals surface area contributed by atoms with E-state index in [2.05, 4.69) is 12.6 Å². The van der Waals surface area contributed by atoms with Gasteiger partial charge >= 0.3 is 17.1 Å². The first-order chi connectivity index (χ1) is 6.79. The minimum atomic E-state index is -0.0822. The Balaban J connectivity index is 0.000000280. The zero-order valence-electron chi connectivity index (χ0n) is 8.11. The Bertz CT molecular complexity index is 155. The van der Waals surface area contributed by atoms with Crippen LogP contribution in [0.5, 0.6) is 0 Å². The summed E-state index contributed by atoms with van der Waals surface area (Å²) in [6.07, 6.45) is 18.1. The Hall–Kier alpha value is 0.539. The molecule has 0 spiro atoms. The average Bonchev–Trinajstić information content (AvgIpc) is 2.75. The Morgan fingerprint density at radius 2 is 1.33 bits per heavy atom. The molecule has 10 radical (unpaired) electrons. The Kier molecular flexibility index (Phi) is 10.1. The van der Waals surface area contributed by atoms with Crippen molar-refractivity contribution in [2.75, 3.05) is 0 Å². The van der Waals surface area contributed by atoms with E-state index in [4.69, 9.17) is 0 Å². The zero-order chi connectivity index (χ0) is 10.2. The van der Waals surface area contributed by atoms with Gasteiger partial charge in [0.2, 0.25) is 0 Å². The molecule has 78 valence electrons. The zero-order valence-corrected chi connectivity index (χ0v) is 10.1. The third-order valence-corrected chi connectivity index (χ3v) is 1.80. The van der Waals surface area contributed by atoms with Crippen molar-refractivity contribution in [1.82, 2.24) is 0 Å². The first-order valence-electron chi connectivity index (χ1n) is 4.38. The quantitative estimate of drug-likeness (QED) is 0.595. The van der Waals surface area contributed by atoms with Crippen molar-refractivity contribution in [3.63, 3.8) is 0 Å². The van der Waals surface area contributed by atoms with Gasteiger partial charge in [0.05, 0.1) is 0 Å². The van der Waals surface area contributed by atoms with Crippen LogP contribution in [0.25, 0.3) is 0 Å². The summed E-state index contributed by atoms with van der Waals surface area (Å²) >= 11 is 3.65. The molecule has 2 rings (SSSR count). The van der Waals surface area contributed by atoms with E-state index in [1.807, 2.05) is 57.8 Å². The average molecular weight is 260 g/mol. The molecule has 0 N–H and O–H groups in total. The Morgan fingerprint density at radius 1 is 0.933 bits per heavy atom. The fourth-order valence-electron chi connectivity index (χ4n) is 1.03. The second kappa shape index (κ2) is 9.74. The molecule has 0 saturated heterocycles. The van der Waals surface area contributed by atoms with Crippen LogP contribution in [0.1, 0.15) is 6.42 Å². The van der Waals surface area contributed by atoms with Gasteiger partial charge in [0, 0.05) is 6.42 Å². The first-order valence-corrected chi connectivity index (χ1v) is 4.83. The van der Waals surface area contributed by atoms with Crippen LogP contribution in [0.2, 0.25) is 0 Å². The minimum absolute atomic E-state index is 0. The molecule has 0 aromatic heterocycles. The second-order valence-corrected chi connectivity index (χ2v) is 3.32. The summed E-state index contributed by atoms with van der Waals surface area (Å²) in [4.78, 5) is 10.4. The van der Waals surface area contributed by atoms with Gasteiger partial charge in [-0.2, -0.15) is 0 Å². The van der Waals surface area contributed by atoms with Crippen molar-refractivity contribution in [1.29, 1.82) is 0 Å². The summed E-state index contributed by atoms with van der Waals surface area (Å²) in [5, 5.41) is -0.0822. The third-order valence-electron chi connectivity index (χ3n) is 1.64. The van der Waals surface area contributed by atoms with Crippen molar-refractivity contribution < 1.29 is 21.9 Å². The first kappa shape index (κ1) is 15.5. The molecule has 15 heavy (non-hydrogen) atoms. The molecule has 2 aliphatic carbocycles. The summed E-state index contributed by atoms with van der Waals surface area (Å²) in [6, 6.07) is 0. The predicted octanol–water partition coefficient (Wildman–Crippen LogP) is 2.26. The number of hydrogen-bond acceptors (Lipinski definition) is 1. The van der Waals surface area contributed by atoms with E-state index in [-0.39, 0.29) is 22.2 Å². The molecule has 2 fully saturated rings. The van der Waals surface area contributed by atoms with Gasteiger partial charge in [-0.05, 0) is 63.7 Å². The summed E-state index contributed by atoms with van der Waals surface area (Å²) in [7, 11) is 0. The van der Waals surface area contributed by atoms with Crippen LogP contribution in [0.4, 0.5) is 0 Å². The van der Waals surface area contributed by atoms with E-state index in [9.17, 15) is 4.79 Å². The van der Waals surface area contributed by atoms with E-state index in [0.717, 1.165) is 5.92 Å². The number of carbonyl (C=O) groups is 1. The SMILES string of the molecule is O=C(S)C[C]1[CH][CH][CH][CH]1.[CH]1[CH][CH][CH][CH]1.[Fe+2]. The molecule has 0 aromatic rings. The van der Waals surface area contributed by atoms with Crippen LogP contribution in [-0.4, -0.2) is 5.12 Å². The predicted molar refractivity (Wildman–Crippen MR) is 60.6 cm³/mol. The largest absolute Gasteiger partial charge is 2.00 e. The normalized spacial score (nSPS) is 20.3. The van der Waals surface area contributed by atoms with Gasteiger partial charge in [-0.25, -0.2) is 0 Å². The molecule has 2 aliphatic rings. The minimum Gasteiger partial charge on any atom is -0.287 e. The molecular weight excluding hydrogens is 248 g/mol. The van der Waals surface area contributed by atoms with Crippen LogP contribution < -0.4 is 0 Å². The standard InChI is InChI=1S/C7H7OS.C5H5.Fe/c8-7(9)5-6-3-1-2-4-6;1-2-4-5-3-1;/h1-4H,5H2,(H,8,9);1-5H;/q;;+2. The molecule has 3 heteroatoms. The van der Waals surface area contributed by atoms with E-state index in [1.165, 1.54) is 0 Å². The number of rotatable bonds is 2. The third kappa shape index (κ3) is 8.36. The summed E-state index contributed by atoms with van der Waals surface area (Å²) in [6.45, 7) is 0. The van der Waals surface area contributed by atoms with E-state index in [1.54, 1.807) is 0 Å². The second-order valence-electron chi connectivity index (χ2n) is 2.83. The van der Waals surface area contributed by atoms with E-state index in [0.29, 0.717) is 6.42 Å². The van der Waals surface area contributed by atoms with Crippen molar-refractivity contribution in [3.8, 4) is 0 Å². The fourth-order valence-corrected chi connectivity index (χ4v) is 1.21. The van der Waals surface area contributed by atoms with Crippen LogP contribution in [0, 0.1) is 63.7 Å². The van der Waals surface area contributed by atoms with Crippen molar-refractivity contribution >= 4 is 17.7 Å². The maximum Gasteiger partial charge on any atom is 2.00 e. The molecule has 0 atom stereocenters. The van der Waals surface area contributed by atoms with Crippen molar-refractivity contribution in [2.24, 2.45) is 0 Å². The van der Waals surface area contributed by atoms with Crippen LogP contribution >= 0.6 is 12.6 Å². The van der Waals surface area contributed by atoms with E-state index >= 15 is 0 Å². The molecule has 0 unspecified atom stereocenters. The van der Waals surface area contributed by atoms with Gasteiger partial charge in [0.15, 0.2) is 5.12 Å². The smallest absolute Gasteiger partial charge is 0.287 e. The molecule has 0 bridgehead atoms. The Labute approximate surface area is 110 Å². The Morgan fingerprint density at radius 3 is 1.67 bits per heavy atom. The molecule has 2 saturated carbocycles. The topological polar surface area (TPSA) is 17.1 Å². The van der Waals surface area contributed by atoms with Gasteiger partial charge in [-0.15, -0.1) is 12.6 Å². The van der Waals surface area contributed by atoms with Crippen LogP contribution in [-0.2, 0) is 21.9 Å². The van der Waals surface area contributed by atoms with Crippen molar-refractivity contribution in [2.45, 2.75) is 6.42 Å². The van der Waals surface area contributed by atoms with Gasteiger partial charge in [-0.1, -0.05) is 0 Å². The molecule has 1 nitrogen and oxygen atoms in total. The molecule has 0 amide bonds. The molecule has 0 aliphatic heterocycles. The van der Waals surface area contributed by atoms with Crippen LogP contribution in [0.15, 0.2) is 0 Å². The van der Waals surface area contributed by atoms with Gasteiger partial charge in [0.25, 0.3) is 0 Å². The van der Waals surface area contributed by atoms with Gasteiger partial charge in [-0.3, -0.25) is 4.79 Å². The maximum atomic E-state index is 10.4. The molecule has 0 aromatic carbocycles. The number of carbonyl (C=O) groups excluding carboxylic acids is 1. The molecular formula is C12H12FeOS+2.